The van der Waals surface area contributed by atoms with Gasteiger partial charge in [-0.1, -0.05) is 0 Å². The molecule has 0 radical (unpaired) electrons. The van der Waals surface area contributed by atoms with Gasteiger partial charge in [-0.2, -0.15) is 5.10 Å². The van der Waals surface area contributed by atoms with Gasteiger partial charge in [0.1, 0.15) is 5.75 Å². The lowest BCUT2D eigenvalue weighted by atomic mass is 10.3. The fourth-order valence-corrected chi connectivity index (χ4v) is 2.18. The molecule has 6 heteroatoms. The number of carbonyl (C=O) groups excluding carboxylic acids is 1. The second-order valence-corrected chi connectivity index (χ2v) is 5.41. The summed E-state index contributed by atoms with van der Waals surface area (Å²) in [6, 6.07) is 7.35. The second-order valence-electron chi connectivity index (χ2n) is 4.56. The molecule has 0 aliphatic rings. The number of halogens is 1. The summed E-state index contributed by atoms with van der Waals surface area (Å²) < 4.78 is 8.12. The Kier molecular flexibility index (Phi) is 5.38. The van der Waals surface area contributed by atoms with Crippen molar-refractivity contribution < 1.29 is 9.53 Å². The topological polar surface area (TPSA) is 56.1 Å². The Morgan fingerprint density at radius 1 is 1.38 bits per heavy atom. The third kappa shape index (κ3) is 4.32. The van der Waals surface area contributed by atoms with Crippen LogP contribution in [0.2, 0.25) is 0 Å². The number of aryl methyl sites for hydroxylation is 1. The van der Waals surface area contributed by atoms with Crippen LogP contribution < -0.4 is 10.1 Å². The van der Waals surface area contributed by atoms with Crippen LogP contribution in [0.3, 0.4) is 0 Å². The molecule has 2 aromatic rings. The minimum atomic E-state index is -0.0369. The highest BCUT2D eigenvalue weighted by Crippen LogP contribution is 2.17. The zero-order valence-corrected chi connectivity index (χ0v) is 13.7. The van der Waals surface area contributed by atoms with Crippen LogP contribution >= 0.6 is 15.9 Å². The molecule has 1 heterocycles. The van der Waals surface area contributed by atoms with Crippen molar-refractivity contribution in [3.05, 3.63) is 40.6 Å². The Balaban J connectivity index is 1.85. The molecule has 112 valence electrons. The number of benzene rings is 1. The van der Waals surface area contributed by atoms with Crippen molar-refractivity contribution in [2.75, 3.05) is 11.9 Å². The summed E-state index contributed by atoms with van der Waals surface area (Å²) in [4.78, 5) is 11.9. The molecule has 0 aliphatic heterocycles. The largest absolute Gasteiger partial charge is 0.494 e. The lowest BCUT2D eigenvalue weighted by molar-refractivity contribution is -0.116. The van der Waals surface area contributed by atoms with Crippen molar-refractivity contribution in [1.29, 1.82) is 0 Å². The molecule has 1 amide bonds. The van der Waals surface area contributed by atoms with E-state index >= 15 is 0 Å². The number of carbonyl (C=O) groups is 1. The van der Waals surface area contributed by atoms with Crippen molar-refractivity contribution in [3.63, 3.8) is 0 Å². The normalized spacial score (nSPS) is 10.4. The van der Waals surface area contributed by atoms with Gasteiger partial charge in [-0.05, 0) is 54.0 Å². The Morgan fingerprint density at radius 2 is 2.10 bits per heavy atom. The molecule has 0 saturated carbocycles. The molecule has 0 unspecified atom stereocenters. The number of rotatable bonds is 6. The summed E-state index contributed by atoms with van der Waals surface area (Å²) in [6.07, 6.45) is 2.11. The first-order chi connectivity index (χ1) is 10.1. The van der Waals surface area contributed by atoms with E-state index < -0.39 is 0 Å². The molecule has 0 bridgehead atoms. The number of hydrogen-bond donors (Lipinski definition) is 1. The Bertz CT molecular complexity index is 608. The highest BCUT2D eigenvalue weighted by molar-refractivity contribution is 9.10. The van der Waals surface area contributed by atoms with Crippen LogP contribution in [0.5, 0.6) is 5.75 Å². The van der Waals surface area contributed by atoms with Gasteiger partial charge in [0.2, 0.25) is 5.91 Å². The zero-order chi connectivity index (χ0) is 15.2. The van der Waals surface area contributed by atoms with Gasteiger partial charge in [0.25, 0.3) is 0 Å². The van der Waals surface area contributed by atoms with Crippen LogP contribution in [-0.2, 0) is 11.3 Å². The number of anilines is 1. The molecule has 0 saturated heterocycles. The third-order valence-electron chi connectivity index (χ3n) is 3.04. The van der Waals surface area contributed by atoms with E-state index in [9.17, 15) is 4.79 Å². The van der Waals surface area contributed by atoms with Crippen molar-refractivity contribution >= 4 is 27.5 Å². The minimum Gasteiger partial charge on any atom is -0.494 e. The van der Waals surface area contributed by atoms with Crippen molar-refractivity contribution in [1.82, 2.24) is 9.78 Å². The van der Waals surface area contributed by atoms with Crippen LogP contribution in [0.25, 0.3) is 0 Å². The predicted molar refractivity (Wildman–Crippen MR) is 85.5 cm³/mol. The van der Waals surface area contributed by atoms with Gasteiger partial charge < -0.3 is 10.1 Å². The molecule has 0 fully saturated rings. The lowest BCUT2D eigenvalue weighted by Gasteiger charge is -2.08. The summed E-state index contributed by atoms with van der Waals surface area (Å²) in [5, 5.41) is 7.06. The maximum atomic E-state index is 11.9. The van der Waals surface area contributed by atoms with Gasteiger partial charge in [-0.3, -0.25) is 9.48 Å². The third-order valence-corrected chi connectivity index (χ3v) is 3.82. The van der Waals surface area contributed by atoms with E-state index in [4.69, 9.17) is 4.74 Å². The summed E-state index contributed by atoms with van der Waals surface area (Å²) in [7, 11) is 0. The number of amides is 1. The molecular weight excluding hydrogens is 334 g/mol. The van der Waals surface area contributed by atoms with Crippen LogP contribution in [-0.4, -0.2) is 22.3 Å². The molecule has 0 spiro atoms. The summed E-state index contributed by atoms with van der Waals surface area (Å²) >= 11 is 3.40. The Hall–Kier alpha value is -1.82. The number of aromatic nitrogens is 2. The first kappa shape index (κ1) is 15.6. The van der Waals surface area contributed by atoms with Crippen LogP contribution in [0.1, 0.15) is 19.0 Å². The van der Waals surface area contributed by atoms with Gasteiger partial charge in [0.05, 0.1) is 23.8 Å². The molecule has 1 aromatic heterocycles. The first-order valence-corrected chi connectivity index (χ1v) is 7.60. The number of ether oxygens (including phenoxy) is 1. The standard InChI is InChI=1S/C15H18BrN3O2/c1-3-21-13-6-4-12(5-7-13)18-15(20)8-9-19-11(2)14(16)10-17-19/h4-7,10H,3,8-9H2,1-2H3,(H,18,20). The molecule has 21 heavy (non-hydrogen) atoms. The predicted octanol–water partition coefficient (Wildman–Crippen LogP) is 3.38. The molecule has 1 N–H and O–H groups in total. The van der Waals surface area contributed by atoms with Gasteiger partial charge in [-0.15, -0.1) is 0 Å². The van der Waals surface area contributed by atoms with Gasteiger partial charge in [-0.25, -0.2) is 0 Å². The fourth-order valence-electron chi connectivity index (χ4n) is 1.88. The molecule has 2 rings (SSSR count). The number of hydrogen-bond acceptors (Lipinski definition) is 3. The Morgan fingerprint density at radius 3 is 2.67 bits per heavy atom. The highest BCUT2D eigenvalue weighted by atomic mass is 79.9. The molecule has 0 aliphatic carbocycles. The van der Waals surface area contributed by atoms with E-state index in [2.05, 4.69) is 26.3 Å². The zero-order valence-electron chi connectivity index (χ0n) is 12.1. The van der Waals surface area contributed by atoms with E-state index in [0.717, 1.165) is 21.6 Å². The van der Waals surface area contributed by atoms with Gasteiger partial charge in [0.15, 0.2) is 0 Å². The van der Waals surface area contributed by atoms with Crippen LogP contribution in [0, 0.1) is 6.92 Å². The second kappa shape index (κ2) is 7.26. The summed E-state index contributed by atoms with van der Waals surface area (Å²) in [5.41, 5.74) is 1.78. The van der Waals surface area contributed by atoms with Gasteiger partial charge in [0, 0.05) is 17.8 Å². The molecule has 5 nitrogen and oxygen atoms in total. The number of nitrogens with zero attached hydrogens (tertiary/aromatic N) is 2. The summed E-state index contributed by atoms with van der Waals surface area (Å²) in [5.74, 6) is 0.762. The highest BCUT2D eigenvalue weighted by Gasteiger charge is 2.07. The SMILES string of the molecule is CCOc1ccc(NC(=O)CCn2ncc(Br)c2C)cc1. The van der Waals surface area contributed by atoms with E-state index in [0.29, 0.717) is 19.6 Å². The lowest BCUT2D eigenvalue weighted by Crippen LogP contribution is -2.15. The maximum Gasteiger partial charge on any atom is 0.226 e. The van der Waals surface area contributed by atoms with Crippen molar-refractivity contribution in [2.24, 2.45) is 0 Å². The average molecular weight is 352 g/mol. The number of nitrogens with one attached hydrogen (secondary N) is 1. The average Bonchev–Trinajstić information content (AvgIpc) is 2.79. The first-order valence-electron chi connectivity index (χ1n) is 6.80. The van der Waals surface area contributed by atoms with Crippen LogP contribution in [0.4, 0.5) is 5.69 Å². The quantitative estimate of drug-likeness (QED) is 0.867. The van der Waals surface area contributed by atoms with Crippen LogP contribution in [0.15, 0.2) is 34.9 Å². The fraction of sp³-hybridized carbons (Fsp3) is 0.333. The molecule has 1 aromatic carbocycles. The Labute approximate surface area is 132 Å². The van der Waals surface area contributed by atoms with E-state index in [1.54, 1.807) is 6.20 Å². The summed E-state index contributed by atoms with van der Waals surface area (Å²) in [6.45, 7) is 5.08. The van der Waals surface area contributed by atoms with Crippen molar-refractivity contribution in [3.8, 4) is 5.75 Å². The monoisotopic (exact) mass is 351 g/mol. The smallest absolute Gasteiger partial charge is 0.226 e. The van der Waals surface area contributed by atoms with Gasteiger partial charge >= 0.3 is 0 Å². The maximum absolute atomic E-state index is 11.9. The molecule has 0 atom stereocenters. The molecular formula is C15H18BrN3O2. The van der Waals surface area contributed by atoms with Crippen molar-refractivity contribution in [2.45, 2.75) is 26.8 Å². The van der Waals surface area contributed by atoms with E-state index in [1.807, 2.05) is 42.8 Å². The van der Waals surface area contributed by atoms with E-state index in [-0.39, 0.29) is 5.91 Å². The van der Waals surface area contributed by atoms with E-state index in [1.165, 1.54) is 0 Å². The minimum absolute atomic E-state index is 0.0369.